The van der Waals surface area contributed by atoms with Crippen molar-refractivity contribution in [3.05, 3.63) is 0 Å². The summed E-state index contributed by atoms with van der Waals surface area (Å²) in [5, 5.41) is 9.81. The Bertz CT molecular complexity index is 361. The first-order valence-electron chi connectivity index (χ1n) is 6.91. The van der Waals surface area contributed by atoms with Crippen LogP contribution in [0, 0.1) is 5.92 Å². The number of nitrogens with zero attached hydrogens (tertiary/aromatic N) is 1. The molecule has 0 aromatic carbocycles. The fraction of sp³-hybridized carbons (Fsp3) is 0.857. The van der Waals surface area contributed by atoms with Crippen molar-refractivity contribution in [2.24, 2.45) is 5.92 Å². The highest BCUT2D eigenvalue weighted by Crippen LogP contribution is 2.26. The van der Waals surface area contributed by atoms with Crippen LogP contribution in [0.3, 0.4) is 0 Å². The van der Waals surface area contributed by atoms with Gasteiger partial charge in [0.2, 0.25) is 0 Å². The van der Waals surface area contributed by atoms with E-state index in [0.717, 1.165) is 0 Å². The molecule has 0 aromatic rings. The molecule has 6 nitrogen and oxygen atoms in total. The molecule has 1 fully saturated rings. The number of piperidine rings is 1. The van der Waals surface area contributed by atoms with Gasteiger partial charge in [0.15, 0.2) is 0 Å². The second-order valence-electron chi connectivity index (χ2n) is 6.24. The molecule has 0 aliphatic carbocycles. The van der Waals surface area contributed by atoms with Crippen molar-refractivity contribution in [2.45, 2.75) is 58.3 Å². The molecule has 6 heteroatoms. The van der Waals surface area contributed by atoms with Crippen LogP contribution < -0.4 is 0 Å². The summed E-state index contributed by atoms with van der Waals surface area (Å²) in [5.41, 5.74) is -0.613. The third-order valence-electron chi connectivity index (χ3n) is 3.35. The van der Waals surface area contributed by atoms with E-state index >= 15 is 0 Å². The number of hydrogen-bond donors (Lipinski definition) is 1. The van der Waals surface area contributed by atoms with Crippen molar-refractivity contribution >= 4 is 12.1 Å². The lowest BCUT2D eigenvalue weighted by Gasteiger charge is -2.40. The van der Waals surface area contributed by atoms with Crippen LogP contribution in [0.5, 0.6) is 0 Å². The van der Waals surface area contributed by atoms with E-state index in [1.54, 1.807) is 27.7 Å². The molecule has 0 saturated carbocycles. The highest BCUT2D eigenvalue weighted by molar-refractivity contribution is 5.75. The average Bonchev–Trinajstić information content (AvgIpc) is 2.34. The van der Waals surface area contributed by atoms with E-state index in [0.29, 0.717) is 12.8 Å². The van der Waals surface area contributed by atoms with Gasteiger partial charge in [0.25, 0.3) is 0 Å². The summed E-state index contributed by atoms with van der Waals surface area (Å²) in [6, 6.07) is -0.328. The zero-order chi connectivity index (χ0) is 15.5. The third kappa shape index (κ3) is 4.37. The summed E-state index contributed by atoms with van der Waals surface area (Å²) in [5.74, 6) is -0.690. The first-order valence-corrected chi connectivity index (χ1v) is 6.91. The van der Waals surface area contributed by atoms with Gasteiger partial charge in [-0.1, -0.05) is 0 Å². The lowest BCUT2D eigenvalue weighted by Crippen LogP contribution is -2.54. The van der Waals surface area contributed by atoms with Crippen LogP contribution >= 0.6 is 0 Å². The first-order chi connectivity index (χ1) is 9.15. The van der Waals surface area contributed by atoms with Gasteiger partial charge in [0.1, 0.15) is 5.60 Å². The molecule has 0 spiro atoms. The number of methoxy groups -OCH3 is 1. The summed E-state index contributed by atoms with van der Waals surface area (Å²) in [6.07, 6.45) is -0.0174. The molecule has 0 bridgehead atoms. The quantitative estimate of drug-likeness (QED) is 0.780. The predicted octanol–water partition coefficient (Wildman–Crippen LogP) is 1.56. The number of ether oxygens (including phenoxy) is 2. The smallest absolute Gasteiger partial charge is 0.410 e. The predicted molar refractivity (Wildman–Crippen MR) is 73.1 cm³/mol. The second kappa shape index (κ2) is 6.43. The Kier molecular flexibility index (Phi) is 5.39. The van der Waals surface area contributed by atoms with Crippen LogP contribution in [0.2, 0.25) is 0 Å². The molecule has 1 heterocycles. The third-order valence-corrected chi connectivity index (χ3v) is 3.35. The minimum Gasteiger partial charge on any atom is -0.469 e. The maximum Gasteiger partial charge on any atom is 0.410 e. The minimum absolute atomic E-state index is 0.219. The molecule has 0 aromatic heterocycles. The number of likely N-dealkylation sites (tertiary alicyclic amines) is 1. The Balaban J connectivity index is 2.83. The van der Waals surface area contributed by atoms with Crippen LogP contribution in [-0.2, 0) is 14.3 Å². The van der Waals surface area contributed by atoms with Crippen molar-refractivity contribution in [2.75, 3.05) is 13.7 Å². The minimum atomic E-state index is -0.666. The number of aliphatic hydroxyl groups is 1. The summed E-state index contributed by atoms with van der Waals surface area (Å²) in [4.78, 5) is 25.3. The largest absolute Gasteiger partial charge is 0.469 e. The van der Waals surface area contributed by atoms with Crippen molar-refractivity contribution in [3.8, 4) is 0 Å². The van der Waals surface area contributed by atoms with Gasteiger partial charge in [-0.2, -0.15) is 0 Å². The first kappa shape index (κ1) is 16.8. The van der Waals surface area contributed by atoms with Crippen molar-refractivity contribution in [3.63, 3.8) is 0 Å². The molecule has 3 unspecified atom stereocenters. The molecule has 1 aliphatic rings. The number of aliphatic hydroxyl groups excluding tert-OH is 1. The fourth-order valence-corrected chi connectivity index (χ4v) is 2.38. The molecule has 1 N–H and O–H groups in total. The van der Waals surface area contributed by atoms with E-state index in [9.17, 15) is 14.7 Å². The van der Waals surface area contributed by atoms with Gasteiger partial charge in [-0.05, 0) is 40.5 Å². The van der Waals surface area contributed by atoms with Crippen molar-refractivity contribution < 1.29 is 24.2 Å². The van der Waals surface area contributed by atoms with Crippen LogP contribution in [0.4, 0.5) is 4.79 Å². The number of esters is 1. The topological polar surface area (TPSA) is 76.1 Å². The lowest BCUT2D eigenvalue weighted by atomic mass is 9.91. The Hall–Kier alpha value is -1.30. The van der Waals surface area contributed by atoms with Crippen molar-refractivity contribution in [1.29, 1.82) is 0 Å². The normalized spacial score (nSPS) is 25.0. The summed E-state index contributed by atoms with van der Waals surface area (Å²) in [6.45, 7) is 7.20. The molecule has 1 amide bonds. The van der Waals surface area contributed by atoms with Gasteiger partial charge in [0, 0.05) is 6.54 Å². The monoisotopic (exact) mass is 287 g/mol. The van der Waals surface area contributed by atoms with E-state index in [1.807, 2.05) is 0 Å². The maximum atomic E-state index is 12.2. The number of carbonyl (C=O) groups excluding carboxylic acids is 2. The van der Waals surface area contributed by atoms with Gasteiger partial charge in [-0.25, -0.2) is 4.79 Å². The van der Waals surface area contributed by atoms with E-state index in [2.05, 4.69) is 0 Å². The molecule has 1 rings (SSSR count). The van der Waals surface area contributed by atoms with Gasteiger partial charge >= 0.3 is 12.1 Å². The molecule has 3 atom stereocenters. The van der Waals surface area contributed by atoms with E-state index in [1.165, 1.54) is 12.0 Å². The van der Waals surface area contributed by atoms with Gasteiger partial charge < -0.3 is 19.5 Å². The fourth-order valence-electron chi connectivity index (χ4n) is 2.38. The van der Waals surface area contributed by atoms with E-state index in [4.69, 9.17) is 9.47 Å². The Morgan fingerprint density at radius 2 is 1.90 bits per heavy atom. The van der Waals surface area contributed by atoms with Crippen LogP contribution in [0.15, 0.2) is 0 Å². The summed E-state index contributed by atoms with van der Waals surface area (Å²) < 4.78 is 10.1. The number of hydrogen-bond acceptors (Lipinski definition) is 5. The molecule has 0 radical (unpaired) electrons. The molecule has 20 heavy (non-hydrogen) atoms. The van der Waals surface area contributed by atoms with E-state index in [-0.39, 0.29) is 24.5 Å². The number of carbonyl (C=O) groups is 2. The molecule has 1 aliphatic heterocycles. The van der Waals surface area contributed by atoms with Gasteiger partial charge in [0.05, 0.1) is 25.2 Å². The van der Waals surface area contributed by atoms with Crippen LogP contribution in [0.25, 0.3) is 0 Å². The summed E-state index contributed by atoms with van der Waals surface area (Å²) in [7, 11) is 1.33. The highest BCUT2D eigenvalue weighted by Gasteiger charge is 2.39. The SMILES string of the molecule is COC(=O)C1CCC(C(C)O)N(C(=O)OC(C)(C)C)C1. The van der Waals surface area contributed by atoms with Gasteiger partial charge in [-0.3, -0.25) is 4.79 Å². The van der Waals surface area contributed by atoms with Crippen molar-refractivity contribution in [1.82, 2.24) is 4.90 Å². The van der Waals surface area contributed by atoms with Crippen LogP contribution in [-0.4, -0.2) is 53.5 Å². The Morgan fingerprint density at radius 1 is 1.30 bits per heavy atom. The Labute approximate surface area is 120 Å². The maximum absolute atomic E-state index is 12.2. The molecular formula is C14H25NO5. The molecule has 1 saturated heterocycles. The Morgan fingerprint density at radius 3 is 2.35 bits per heavy atom. The lowest BCUT2D eigenvalue weighted by molar-refractivity contribution is -0.148. The summed E-state index contributed by atoms with van der Waals surface area (Å²) >= 11 is 0. The zero-order valence-electron chi connectivity index (χ0n) is 12.9. The number of amides is 1. The van der Waals surface area contributed by atoms with Gasteiger partial charge in [-0.15, -0.1) is 0 Å². The number of rotatable bonds is 2. The second-order valence-corrected chi connectivity index (χ2v) is 6.24. The molecular weight excluding hydrogens is 262 g/mol. The van der Waals surface area contributed by atoms with Crippen LogP contribution in [0.1, 0.15) is 40.5 Å². The zero-order valence-corrected chi connectivity index (χ0v) is 12.9. The highest BCUT2D eigenvalue weighted by atomic mass is 16.6. The standard InChI is InChI=1S/C14H25NO5/c1-9(16)11-7-6-10(12(17)19-5)8-15(11)13(18)20-14(2,3)4/h9-11,16H,6-8H2,1-5H3. The average molecular weight is 287 g/mol. The van der Waals surface area contributed by atoms with E-state index < -0.39 is 17.8 Å². The molecule has 116 valence electrons.